The van der Waals surface area contributed by atoms with Crippen LogP contribution in [0.1, 0.15) is 21.5 Å². The van der Waals surface area contributed by atoms with Gasteiger partial charge in [-0.05, 0) is 30.7 Å². The number of rotatable bonds is 3. The van der Waals surface area contributed by atoms with Crippen molar-refractivity contribution in [1.82, 2.24) is 0 Å². The highest BCUT2D eigenvalue weighted by Gasteiger charge is 2.17. The van der Waals surface area contributed by atoms with Gasteiger partial charge in [0, 0.05) is 12.0 Å². The number of hydrogen-bond donors (Lipinski definition) is 0. The average Bonchev–Trinajstić information content (AvgIpc) is 2.37. The lowest BCUT2D eigenvalue weighted by molar-refractivity contribution is 0.0986. The van der Waals surface area contributed by atoms with Gasteiger partial charge in [0.15, 0.2) is 5.78 Å². The first kappa shape index (κ1) is 13.3. The molecule has 0 N–H and O–H groups in total. The average molecular weight is 264 g/mol. The van der Waals surface area contributed by atoms with Crippen LogP contribution >= 0.6 is 0 Å². The molecule has 0 aliphatic carbocycles. The van der Waals surface area contributed by atoms with Gasteiger partial charge in [-0.15, -0.1) is 0 Å². The van der Waals surface area contributed by atoms with Crippen molar-refractivity contribution < 1.29 is 18.0 Å². The van der Waals surface area contributed by atoms with Gasteiger partial charge < -0.3 is 0 Å². The second-order valence-corrected chi connectivity index (χ2v) is 4.24. The maximum atomic E-state index is 13.7. The molecule has 0 radical (unpaired) electrons. The molecule has 0 aliphatic heterocycles. The van der Waals surface area contributed by atoms with Crippen molar-refractivity contribution >= 4 is 5.78 Å². The minimum Gasteiger partial charge on any atom is -0.294 e. The maximum Gasteiger partial charge on any atom is 0.170 e. The third-order valence-corrected chi connectivity index (χ3v) is 2.89. The van der Waals surface area contributed by atoms with Gasteiger partial charge in [-0.1, -0.05) is 18.2 Å². The molecule has 19 heavy (non-hydrogen) atoms. The van der Waals surface area contributed by atoms with Crippen LogP contribution in [-0.2, 0) is 6.42 Å². The maximum absolute atomic E-state index is 13.7. The first-order valence-electron chi connectivity index (χ1n) is 5.72. The largest absolute Gasteiger partial charge is 0.294 e. The van der Waals surface area contributed by atoms with E-state index in [4.69, 9.17) is 0 Å². The van der Waals surface area contributed by atoms with Crippen molar-refractivity contribution in [3.63, 3.8) is 0 Å². The Kier molecular flexibility index (Phi) is 3.69. The molecule has 0 amide bonds. The summed E-state index contributed by atoms with van der Waals surface area (Å²) in [6, 6.07) is 7.71. The fourth-order valence-electron chi connectivity index (χ4n) is 1.82. The van der Waals surface area contributed by atoms with E-state index in [0.717, 1.165) is 12.1 Å². The highest BCUT2D eigenvalue weighted by Crippen LogP contribution is 2.18. The summed E-state index contributed by atoms with van der Waals surface area (Å²) >= 11 is 0. The van der Waals surface area contributed by atoms with Gasteiger partial charge in [-0.25, -0.2) is 13.2 Å². The van der Waals surface area contributed by atoms with Crippen molar-refractivity contribution in [3.8, 4) is 0 Å². The van der Waals surface area contributed by atoms with Crippen LogP contribution in [0, 0.1) is 24.4 Å². The molecular formula is C15H11F3O. The molecule has 2 rings (SSSR count). The number of carbonyl (C=O) groups is 1. The number of hydrogen-bond acceptors (Lipinski definition) is 1. The van der Waals surface area contributed by atoms with E-state index in [2.05, 4.69) is 0 Å². The normalized spacial score (nSPS) is 10.5. The SMILES string of the molecule is Cc1cccc(C(=O)Cc2c(F)cccc2F)c1F. The Labute approximate surface area is 108 Å². The number of aryl methyl sites for hydroxylation is 1. The molecule has 2 aromatic carbocycles. The monoisotopic (exact) mass is 264 g/mol. The molecule has 0 fully saturated rings. The quantitative estimate of drug-likeness (QED) is 0.770. The Morgan fingerprint density at radius 3 is 2.21 bits per heavy atom. The standard InChI is InChI=1S/C15H11F3O/c1-9-4-2-5-10(15(9)18)14(19)8-11-12(16)6-3-7-13(11)17/h2-7H,8H2,1H3. The van der Waals surface area contributed by atoms with Crippen molar-refractivity contribution in [2.75, 3.05) is 0 Å². The molecule has 0 spiro atoms. The Bertz CT molecular complexity index is 615. The summed E-state index contributed by atoms with van der Waals surface area (Å²) in [4.78, 5) is 11.9. The number of halogens is 3. The van der Waals surface area contributed by atoms with Gasteiger partial charge in [0.05, 0.1) is 5.56 Å². The number of Topliss-reactive ketones (excluding diaryl/α,β-unsaturated/α-hetero) is 1. The van der Waals surface area contributed by atoms with E-state index >= 15 is 0 Å². The summed E-state index contributed by atoms with van der Waals surface area (Å²) in [5, 5.41) is 0. The van der Waals surface area contributed by atoms with Crippen LogP contribution < -0.4 is 0 Å². The van der Waals surface area contributed by atoms with Crippen molar-refractivity contribution in [2.24, 2.45) is 0 Å². The summed E-state index contributed by atoms with van der Waals surface area (Å²) < 4.78 is 40.6. The Morgan fingerprint density at radius 2 is 1.58 bits per heavy atom. The zero-order valence-electron chi connectivity index (χ0n) is 10.2. The number of benzene rings is 2. The third-order valence-electron chi connectivity index (χ3n) is 2.89. The zero-order valence-corrected chi connectivity index (χ0v) is 10.2. The van der Waals surface area contributed by atoms with Gasteiger partial charge in [0.2, 0.25) is 0 Å². The van der Waals surface area contributed by atoms with Crippen LogP contribution in [0.25, 0.3) is 0 Å². The molecule has 0 unspecified atom stereocenters. The Hall–Kier alpha value is -2.10. The van der Waals surface area contributed by atoms with E-state index in [-0.39, 0.29) is 11.1 Å². The second-order valence-electron chi connectivity index (χ2n) is 4.24. The van der Waals surface area contributed by atoms with Gasteiger partial charge in [0.1, 0.15) is 17.5 Å². The van der Waals surface area contributed by atoms with Crippen molar-refractivity contribution in [3.05, 3.63) is 70.5 Å². The Balaban J connectivity index is 2.34. The van der Waals surface area contributed by atoms with E-state index in [1.807, 2.05) is 0 Å². The lowest BCUT2D eigenvalue weighted by Gasteiger charge is -2.06. The lowest BCUT2D eigenvalue weighted by Crippen LogP contribution is -2.10. The third kappa shape index (κ3) is 2.67. The zero-order chi connectivity index (χ0) is 14.0. The molecule has 4 heteroatoms. The molecule has 0 aromatic heterocycles. The molecule has 0 saturated heterocycles. The highest BCUT2D eigenvalue weighted by atomic mass is 19.1. The van der Waals surface area contributed by atoms with E-state index < -0.39 is 29.7 Å². The molecule has 0 bridgehead atoms. The van der Waals surface area contributed by atoms with Crippen molar-refractivity contribution in [2.45, 2.75) is 13.3 Å². The van der Waals surface area contributed by atoms with E-state index in [0.29, 0.717) is 5.56 Å². The summed E-state index contributed by atoms with van der Waals surface area (Å²) in [7, 11) is 0. The van der Waals surface area contributed by atoms with E-state index in [1.165, 1.54) is 31.2 Å². The first-order valence-corrected chi connectivity index (χ1v) is 5.72. The smallest absolute Gasteiger partial charge is 0.170 e. The fraction of sp³-hybridized carbons (Fsp3) is 0.133. The molecule has 0 saturated carbocycles. The summed E-state index contributed by atoms with van der Waals surface area (Å²) in [6.45, 7) is 1.52. The van der Waals surface area contributed by atoms with Crippen LogP contribution in [-0.4, -0.2) is 5.78 Å². The summed E-state index contributed by atoms with van der Waals surface area (Å²) in [5.41, 5.74) is -0.170. The van der Waals surface area contributed by atoms with Crippen LogP contribution in [0.5, 0.6) is 0 Å². The van der Waals surface area contributed by atoms with Gasteiger partial charge in [-0.2, -0.15) is 0 Å². The second kappa shape index (κ2) is 5.26. The van der Waals surface area contributed by atoms with Crippen molar-refractivity contribution in [1.29, 1.82) is 0 Å². The van der Waals surface area contributed by atoms with Crippen LogP contribution in [0.2, 0.25) is 0 Å². The minimum absolute atomic E-state index is 0.150. The van der Waals surface area contributed by atoms with Gasteiger partial charge >= 0.3 is 0 Å². The molecule has 0 aliphatic rings. The van der Waals surface area contributed by atoms with Crippen LogP contribution in [0.3, 0.4) is 0 Å². The first-order chi connectivity index (χ1) is 9.00. The highest BCUT2D eigenvalue weighted by molar-refractivity contribution is 5.98. The molecule has 1 nitrogen and oxygen atoms in total. The fourth-order valence-corrected chi connectivity index (χ4v) is 1.82. The molecule has 0 heterocycles. The number of ketones is 1. The molecule has 2 aromatic rings. The lowest BCUT2D eigenvalue weighted by atomic mass is 10.00. The summed E-state index contributed by atoms with van der Waals surface area (Å²) in [5.74, 6) is -2.91. The molecule has 98 valence electrons. The van der Waals surface area contributed by atoms with E-state index in [1.54, 1.807) is 0 Å². The van der Waals surface area contributed by atoms with Crippen LogP contribution in [0.15, 0.2) is 36.4 Å². The van der Waals surface area contributed by atoms with Gasteiger partial charge in [-0.3, -0.25) is 4.79 Å². The van der Waals surface area contributed by atoms with E-state index in [9.17, 15) is 18.0 Å². The van der Waals surface area contributed by atoms with Crippen LogP contribution in [0.4, 0.5) is 13.2 Å². The predicted molar refractivity (Wildman–Crippen MR) is 65.5 cm³/mol. The summed E-state index contributed by atoms with van der Waals surface area (Å²) in [6.07, 6.45) is -0.501. The molecular weight excluding hydrogens is 253 g/mol. The Morgan fingerprint density at radius 1 is 1.00 bits per heavy atom. The molecule has 0 atom stereocenters. The predicted octanol–water partition coefficient (Wildman–Crippen LogP) is 3.84. The number of carbonyl (C=O) groups excluding carboxylic acids is 1. The van der Waals surface area contributed by atoms with Gasteiger partial charge in [0.25, 0.3) is 0 Å². The topological polar surface area (TPSA) is 17.1 Å². The minimum atomic E-state index is -0.804.